The van der Waals surface area contributed by atoms with Gasteiger partial charge in [-0.05, 0) is 48.9 Å². The van der Waals surface area contributed by atoms with E-state index in [1.165, 1.54) is 4.68 Å². The van der Waals surface area contributed by atoms with Crippen LogP contribution in [0.1, 0.15) is 17.5 Å². The Balaban J connectivity index is 1.42. The van der Waals surface area contributed by atoms with Gasteiger partial charge in [0.05, 0.1) is 30.1 Å². The molecule has 160 valence electrons. The zero-order valence-electron chi connectivity index (χ0n) is 17.0. The number of carbonyl (C=O) groups excluding carboxylic acids is 1. The third-order valence-corrected chi connectivity index (χ3v) is 7.19. The molecule has 0 spiro atoms. The molecule has 1 unspecified atom stereocenters. The third-order valence-electron chi connectivity index (χ3n) is 5.42. The highest BCUT2D eigenvalue weighted by Crippen LogP contribution is 2.19. The molecule has 1 aliphatic heterocycles. The Kier molecular flexibility index (Phi) is 5.37. The van der Waals surface area contributed by atoms with E-state index in [4.69, 9.17) is 0 Å². The lowest BCUT2D eigenvalue weighted by molar-refractivity contribution is -0.120. The summed E-state index contributed by atoms with van der Waals surface area (Å²) in [5.41, 5.74) is 3.14. The predicted molar refractivity (Wildman–Crippen MR) is 115 cm³/mol. The summed E-state index contributed by atoms with van der Waals surface area (Å²) in [6, 6.07) is 7.79. The minimum atomic E-state index is -2.98. The van der Waals surface area contributed by atoms with Gasteiger partial charge in [-0.25, -0.2) is 22.3 Å². The maximum Gasteiger partial charge on any atom is 0.350 e. The average molecular weight is 432 g/mol. The largest absolute Gasteiger partial charge is 0.353 e. The second kappa shape index (κ2) is 7.84. The van der Waals surface area contributed by atoms with E-state index in [0.717, 1.165) is 22.0 Å². The fourth-order valence-electron chi connectivity index (χ4n) is 3.85. The van der Waals surface area contributed by atoms with E-state index < -0.39 is 9.84 Å². The molecule has 30 heavy (non-hydrogen) atoms. The van der Waals surface area contributed by atoms with Gasteiger partial charge in [0.1, 0.15) is 0 Å². The lowest BCUT2D eigenvalue weighted by Gasteiger charge is -2.10. The van der Waals surface area contributed by atoms with Crippen molar-refractivity contribution < 1.29 is 13.2 Å². The summed E-state index contributed by atoms with van der Waals surface area (Å²) in [7, 11) is -2.98. The highest BCUT2D eigenvalue weighted by molar-refractivity contribution is 7.91. The Hall–Kier alpha value is -2.72. The van der Waals surface area contributed by atoms with E-state index in [1.807, 2.05) is 38.1 Å². The highest BCUT2D eigenvalue weighted by atomic mass is 32.2. The number of hydrogen-bond donors (Lipinski definition) is 2. The van der Waals surface area contributed by atoms with Crippen LogP contribution in [0.2, 0.25) is 0 Å². The van der Waals surface area contributed by atoms with Crippen molar-refractivity contribution in [1.29, 1.82) is 0 Å². The predicted octanol–water partition coefficient (Wildman–Crippen LogP) is 0.159. The molecule has 0 bridgehead atoms. The number of amides is 1. The molecule has 10 heteroatoms. The summed E-state index contributed by atoms with van der Waals surface area (Å²) in [6.45, 7) is 4.44. The topological polar surface area (TPSA) is 115 Å². The van der Waals surface area contributed by atoms with Crippen LogP contribution in [0, 0.1) is 13.8 Å². The summed E-state index contributed by atoms with van der Waals surface area (Å²) in [4.78, 5) is 25.0. The van der Waals surface area contributed by atoms with Gasteiger partial charge < -0.3 is 10.6 Å². The first kappa shape index (κ1) is 20.5. The molecule has 9 nitrogen and oxygen atoms in total. The molecule has 1 amide bonds. The molecule has 2 aromatic heterocycles. The molecule has 3 heterocycles. The number of aryl methyl sites for hydroxylation is 2. The first-order valence-corrected chi connectivity index (χ1v) is 11.8. The molecular formula is C20H25N5O4S. The minimum Gasteiger partial charge on any atom is -0.353 e. The quantitative estimate of drug-likeness (QED) is 0.575. The fraction of sp³-hybridized carbons (Fsp3) is 0.450. The Morgan fingerprint density at radius 1 is 1.27 bits per heavy atom. The van der Waals surface area contributed by atoms with Crippen molar-refractivity contribution in [1.82, 2.24) is 24.8 Å². The lowest BCUT2D eigenvalue weighted by Crippen LogP contribution is -2.41. The Bertz CT molecular complexity index is 1290. The van der Waals surface area contributed by atoms with E-state index in [2.05, 4.69) is 15.7 Å². The van der Waals surface area contributed by atoms with Gasteiger partial charge in [-0.3, -0.25) is 4.79 Å². The van der Waals surface area contributed by atoms with E-state index in [-0.39, 0.29) is 48.8 Å². The van der Waals surface area contributed by atoms with Gasteiger partial charge in [-0.1, -0.05) is 12.1 Å². The van der Waals surface area contributed by atoms with Crippen LogP contribution in [0.15, 0.2) is 29.1 Å². The zero-order chi connectivity index (χ0) is 21.5. The number of nitrogens with one attached hydrogen (secondary N) is 2. The van der Waals surface area contributed by atoms with Crippen molar-refractivity contribution in [2.45, 2.75) is 32.9 Å². The monoisotopic (exact) mass is 431 g/mol. The van der Waals surface area contributed by atoms with Crippen molar-refractivity contribution in [3.63, 3.8) is 0 Å². The number of carbonyl (C=O) groups is 1. The van der Waals surface area contributed by atoms with Gasteiger partial charge in [-0.2, -0.15) is 0 Å². The van der Waals surface area contributed by atoms with E-state index in [9.17, 15) is 18.0 Å². The van der Waals surface area contributed by atoms with Crippen LogP contribution < -0.4 is 16.3 Å². The molecule has 0 aliphatic carbocycles. The lowest BCUT2D eigenvalue weighted by atomic mass is 10.1. The molecular weight excluding hydrogens is 406 g/mol. The second-order valence-electron chi connectivity index (χ2n) is 7.89. The van der Waals surface area contributed by atoms with E-state index in [1.54, 1.807) is 4.40 Å². The van der Waals surface area contributed by atoms with Crippen LogP contribution in [-0.2, 0) is 21.2 Å². The number of nitrogens with zero attached hydrogens (tertiary/aromatic N) is 3. The van der Waals surface area contributed by atoms with E-state index in [0.29, 0.717) is 12.1 Å². The molecule has 1 aliphatic rings. The number of pyridine rings is 1. The number of fused-ring (bicyclic) bond motifs is 3. The van der Waals surface area contributed by atoms with Crippen molar-refractivity contribution in [2.24, 2.45) is 0 Å². The zero-order valence-corrected chi connectivity index (χ0v) is 17.8. The van der Waals surface area contributed by atoms with Gasteiger partial charge in [0.2, 0.25) is 5.91 Å². The van der Waals surface area contributed by atoms with Crippen LogP contribution in [0.3, 0.4) is 0 Å². The summed E-state index contributed by atoms with van der Waals surface area (Å²) in [5, 5.41) is 11.1. The molecule has 0 saturated carbocycles. The maximum absolute atomic E-state index is 12.9. The molecule has 1 aromatic carbocycles. The molecule has 1 atom stereocenters. The third kappa shape index (κ3) is 4.10. The SMILES string of the molecule is Cc1ccc2cc(C)c3nn(CCNC(=O)CNC4CCS(=O)(=O)C4)c(=O)n3c2c1. The van der Waals surface area contributed by atoms with Crippen molar-refractivity contribution >= 4 is 32.3 Å². The summed E-state index contributed by atoms with van der Waals surface area (Å²) in [5.74, 6) is -0.00573. The van der Waals surface area contributed by atoms with Crippen molar-refractivity contribution in [2.75, 3.05) is 24.6 Å². The highest BCUT2D eigenvalue weighted by Gasteiger charge is 2.27. The Morgan fingerprint density at radius 2 is 2.07 bits per heavy atom. The van der Waals surface area contributed by atoms with Crippen molar-refractivity contribution in [3.05, 3.63) is 45.9 Å². The number of benzene rings is 1. The summed E-state index contributed by atoms with van der Waals surface area (Å²) >= 11 is 0. The Morgan fingerprint density at radius 3 is 2.80 bits per heavy atom. The molecule has 0 radical (unpaired) electrons. The standard InChI is InChI=1S/C20H25N5O4S/c1-13-3-4-15-10-14(2)19-23-24(20(27)25(19)17(15)9-13)7-6-21-18(26)11-22-16-5-8-30(28,29)12-16/h3-4,9-10,16,22H,5-8,11-12H2,1-2H3,(H,21,26). The number of aromatic nitrogens is 3. The molecule has 3 aromatic rings. The van der Waals surface area contributed by atoms with Gasteiger partial charge >= 0.3 is 5.69 Å². The number of sulfone groups is 1. The average Bonchev–Trinajstić information content (AvgIpc) is 3.21. The van der Waals surface area contributed by atoms with Gasteiger partial charge in [-0.15, -0.1) is 5.10 Å². The van der Waals surface area contributed by atoms with Crippen LogP contribution in [0.25, 0.3) is 16.6 Å². The normalized spacial score (nSPS) is 18.3. The summed E-state index contributed by atoms with van der Waals surface area (Å²) in [6.07, 6.45) is 0.527. The molecule has 2 N–H and O–H groups in total. The smallest absolute Gasteiger partial charge is 0.350 e. The van der Waals surface area contributed by atoms with Crippen LogP contribution in [0.4, 0.5) is 0 Å². The maximum atomic E-state index is 12.9. The van der Waals surface area contributed by atoms with Crippen LogP contribution in [-0.4, -0.2) is 59.1 Å². The van der Waals surface area contributed by atoms with Gasteiger partial charge in [0.25, 0.3) is 0 Å². The summed E-state index contributed by atoms with van der Waals surface area (Å²) < 4.78 is 25.9. The Labute approximate surface area is 174 Å². The fourth-order valence-corrected chi connectivity index (χ4v) is 5.56. The first-order chi connectivity index (χ1) is 14.2. The number of hydrogen-bond acceptors (Lipinski definition) is 6. The van der Waals surface area contributed by atoms with Gasteiger partial charge in [0.15, 0.2) is 15.5 Å². The molecule has 1 fully saturated rings. The number of rotatable bonds is 6. The van der Waals surface area contributed by atoms with E-state index >= 15 is 0 Å². The minimum absolute atomic E-state index is 0.0449. The molecule has 1 saturated heterocycles. The second-order valence-corrected chi connectivity index (χ2v) is 10.1. The first-order valence-electron chi connectivity index (χ1n) is 9.93. The van der Waals surface area contributed by atoms with Crippen LogP contribution >= 0.6 is 0 Å². The van der Waals surface area contributed by atoms with Gasteiger partial charge in [0, 0.05) is 12.6 Å². The van der Waals surface area contributed by atoms with Crippen molar-refractivity contribution in [3.8, 4) is 0 Å². The molecule has 4 rings (SSSR count). The van der Waals surface area contributed by atoms with Crippen LogP contribution in [0.5, 0.6) is 0 Å².